The summed E-state index contributed by atoms with van der Waals surface area (Å²) >= 11 is 2.99. The fourth-order valence-corrected chi connectivity index (χ4v) is 3.60. The van der Waals surface area contributed by atoms with Crippen LogP contribution >= 0.6 is 23.1 Å². The number of thioether (sulfide) groups is 1. The quantitative estimate of drug-likeness (QED) is 0.536. The van der Waals surface area contributed by atoms with E-state index < -0.39 is 0 Å². The highest BCUT2D eigenvalue weighted by Crippen LogP contribution is 2.28. The molecule has 3 rings (SSSR count). The highest BCUT2D eigenvalue weighted by molar-refractivity contribution is 8.01. The third-order valence-corrected chi connectivity index (χ3v) is 4.95. The molecular weight excluding hydrogens is 318 g/mol. The van der Waals surface area contributed by atoms with E-state index in [0.717, 1.165) is 14.6 Å². The second-order valence-electron chi connectivity index (χ2n) is 4.37. The first-order valence-corrected chi connectivity index (χ1v) is 8.28. The number of aromatic nitrogens is 1. The Morgan fingerprint density at radius 2 is 2.14 bits per heavy atom. The van der Waals surface area contributed by atoms with Crippen LogP contribution in [0.2, 0.25) is 0 Å². The zero-order chi connectivity index (χ0) is 15.4. The molecule has 0 aliphatic rings. The summed E-state index contributed by atoms with van der Waals surface area (Å²) in [4.78, 5) is 16.3. The normalized spacial score (nSPS) is 10.5. The Hall–Kier alpha value is -2.25. The largest absolute Gasteiger partial charge is 0.463 e. The van der Waals surface area contributed by atoms with Crippen molar-refractivity contribution in [3.05, 3.63) is 55.0 Å². The van der Waals surface area contributed by atoms with Gasteiger partial charge in [0.15, 0.2) is 10.1 Å². The monoisotopic (exact) mass is 331 g/mol. The van der Waals surface area contributed by atoms with E-state index in [1.165, 1.54) is 11.8 Å². The van der Waals surface area contributed by atoms with E-state index in [1.54, 1.807) is 29.7 Å². The predicted molar refractivity (Wildman–Crippen MR) is 89.4 cm³/mol. The Kier molecular flexibility index (Phi) is 4.45. The topological polar surface area (TPSA) is 67.2 Å². The third-order valence-electron chi connectivity index (χ3n) is 2.77. The van der Waals surface area contributed by atoms with Crippen LogP contribution in [-0.2, 0) is 4.79 Å². The number of thiazole rings is 1. The SMILES string of the molecule is C=C(NNC(=O)CSc1nc2ccccc2s1)c1ccco1. The maximum absolute atomic E-state index is 11.8. The summed E-state index contributed by atoms with van der Waals surface area (Å²) in [7, 11) is 0. The van der Waals surface area contributed by atoms with Crippen LogP contribution in [0.4, 0.5) is 0 Å². The van der Waals surface area contributed by atoms with Crippen LogP contribution in [0.5, 0.6) is 0 Å². The predicted octanol–water partition coefficient (Wildman–Crippen LogP) is 3.27. The van der Waals surface area contributed by atoms with E-state index in [-0.39, 0.29) is 11.7 Å². The van der Waals surface area contributed by atoms with Gasteiger partial charge in [-0.2, -0.15) is 0 Å². The molecule has 0 saturated carbocycles. The van der Waals surface area contributed by atoms with Crippen LogP contribution in [-0.4, -0.2) is 16.6 Å². The van der Waals surface area contributed by atoms with Crippen LogP contribution in [0.1, 0.15) is 5.76 Å². The first-order valence-electron chi connectivity index (χ1n) is 6.48. The van der Waals surface area contributed by atoms with Gasteiger partial charge in [0.05, 0.1) is 27.9 Å². The molecule has 2 aromatic heterocycles. The van der Waals surface area contributed by atoms with Gasteiger partial charge in [0.2, 0.25) is 5.91 Å². The van der Waals surface area contributed by atoms with E-state index in [2.05, 4.69) is 22.4 Å². The van der Waals surface area contributed by atoms with Crippen LogP contribution in [0.25, 0.3) is 15.9 Å². The van der Waals surface area contributed by atoms with Gasteiger partial charge in [0, 0.05) is 0 Å². The van der Waals surface area contributed by atoms with E-state index in [1.807, 2.05) is 24.3 Å². The van der Waals surface area contributed by atoms with Crippen LogP contribution in [0.15, 0.2) is 58.0 Å². The lowest BCUT2D eigenvalue weighted by Gasteiger charge is -2.08. The molecule has 22 heavy (non-hydrogen) atoms. The molecule has 2 heterocycles. The summed E-state index contributed by atoms with van der Waals surface area (Å²) in [6.45, 7) is 3.78. The van der Waals surface area contributed by atoms with E-state index >= 15 is 0 Å². The molecule has 0 bridgehead atoms. The number of nitrogens with one attached hydrogen (secondary N) is 2. The average molecular weight is 331 g/mol. The molecule has 0 fully saturated rings. The minimum Gasteiger partial charge on any atom is -0.463 e. The first kappa shape index (κ1) is 14.7. The van der Waals surface area contributed by atoms with Crippen LogP contribution in [0, 0.1) is 0 Å². The van der Waals surface area contributed by atoms with Crippen LogP contribution < -0.4 is 10.9 Å². The van der Waals surface area contributed by atoms with Gasteiger partial charge in [-0.05, 0) is 24.3 Å². The summed E-state index contributed by atoms with van der Waals surface area (Å²) < 4.78 is 7.16. The summed E-state index contributed by atoms with van der Waals surface area (Å²) in [5.41, 5.74) is 6.77. The second-order valence-corrected chi connectivity index (χ2v) is 6.62. The minimum atomic E-state index is -0.156. The summed E-state index contributed by atoms with van der Waals surface area (Å²) in [5.74, 6) is 0.703. The number of rotatable bonds is 6. The van der Waals surface area contributed by atoms with Crippen molar-refractivity contribution >= 4 is 44.9 Å². The molecule has 112 valence electrons. The molecule has 1 amide bonds. The van der Waals surface area contributed by atoms with Crippen molar-refractivity contribution in [3.8, 4) is 0 Å². The third kappa shape index (κ3) is 3.49. The summed E-state index contributed by atoms with van der Waals surface area (Å²) in [6, 6.07) is 11.4. The maximum Gasteiger partial charge on any atom is 0.248 e. The number of para-hydroxylation sites is 1. The number of carbonyl (C=O) groups is 1. The molecule has 7 heteroatoms. The number of carbonyl (C=O) groups excluding carboxylic acids is 1. The van der Waals surface area contributed by atoms with Gasteiger partial charge >= 0.3 is 0 Å². The fourth-order valence-electron chi connectivity index (χ4n) is 1.73. The number of benzene rings is 1. The number of furan rings is 1. The Balaban J connectivity index is 1.49. The Labute approximate surface area is 135 Å². The zero-order valence-electron chi connectivity index (χ0n) is 11.5. The lowest BCUT2D eigenvalue weighted by atomic mass is 10.3. The van der Waals surface area contributed by atoms with Gasteiger partial charge in [0.1, 0.15) is 0 Å². The van der Waals surface area contributed by atoms with Gasteiger partial charge in [0.25, 0.3) is 0 Å². The van der Waals surface area contributed by atoms with Gasteiger partial charge in [-0.3, -0.25) is 15.6 Å². The molecule has 1 aromatic carbocycles. The Morgan fingerprint density at radius 1 is 1.27 bits per heavy atom. The molecule has 0 aliphatic heterocycles. The molecule has 0 radical (unpaired) electrons. The van der Waals surface area contributed by atoms with Crippen LogP contribution in [0.3, 0.4) is 0 Å². The van der Waals surface area contributed by atoms with Gasteiger partial charge in [-0.25, -0.2) is 4.98 Å². The van der Waals surface area contributed by atoms with E-state index in [0.29, 0.717) is 11.5 Å². The second kappa shape index (κ2) is 6.67. The first-order chi connectivity index (χ1) is 10.7. The van der Waals surface area contributed by atoms with Gasteiger partial charge in [-0.1, -0.05) is 30.5 Å². The number of hydrogen-bond acceptors (Lipinski definition) is 6. The van der Waals surface area contributed by atoms with Crippen molar-refractivity contribution < 1.29 is 9.21 Å². The minimum absolute atomic E-state index is 0.156. The molecule has 3 aromatic rings. The Morgan fingerprint density at radius 3 is 2.91 bits per heavy atom. The molecule has 0 saturated heterocycles. The summed E-state index contributed by atoms with van der Waals surface area (Å²) in [5, 5.41) is 0. The lowest BCUT2D eigenvalue weighted by molar-refractivity contribution is -0.119. The van der Waals surface area contributed by atoms with Crippen molar-refractivity contribution in [1.82, 2.24) is 15.8 Å². The standard InChI is InChI=1S/C15H13N3O2S2/c1-10(12-6-4-8-20-12)17-18-14(19)9-21-15-16-11-5-2-3-7-13(11)22-15/h2-8,17H,1,9H2,(H,18,19). The van der Waals surface area contributed by atoms with Crippen molar-refractivity contribution in [1.29, 1.82) is 0 Å². The highest BCUT2D eigenvalue weighted by atomic mass is 32.2. The molecule has 0 atom stereocenters. The lowest BCUT2D eigenvalue weighted by Crippen LogP contribution is -2.36. The zero-order valence-corrected chi connectivity index (χ0v) is 13.2. The molecule has 5 nitrogen and oxygen atoms in total. The highest BCUT2D eigenvalue weighted by Gasteiger charge is 2.08. The molecule has 2 N–H and O–H groups in total. The average Bonchev–Trinajstić information content (AvgIpc) is 3.19. The Bertz CT molecular complexity index is 763. The van der Waals surface area contributed by atoms with Crippen molar-refractivity contribution in [3.63, 3.8) is 0 Å². The van der Waals surface area contributed by atoms with Crippen molar-refractivity contribution in [2.75, 3.05) is 5.75 Å². The number of hydrogen-bond donors (Lipinski definition) is 2. The van der Waals surface area contributed by atoms with Gasteiger partial charge in [-0.15, -0.1) is 11.3 Å². The maximum atomic E-state index is 11.8. The molecule has 0 spiro atoms. The number of amides is 1. The van der Waals surface area contributed by atoms with Crippen molar-refractivity contribution in [2.45, 2.75) is 4.34 Å². The summed E-state index contributed by atoms with van der Waals surface area (Å²) in [6.07, 6.45) is 1.55. The van der Waals surface area contributed by atoms with E-state index in [4.69, 9.17) is 4.42 Å². The molecule has 0 aliphatic carbocycles. The van der Waals surface area contributed by atoms with Crippen molar-refractivity contribution in [2.24, 2.45) is 0 Å². The fraction of sp³-hybridized carbons (Fsp3) is 0.0667. The number of nitrogens with zero attached hydrogens (tertiary/aromatic N) is 1. The smallest absolute Gasteiger partial charge is 0.248 e. The molecule has 0 unspecified atom stereocenters. The van der Waals surface area contributed by atoms with E-state index in [9.17, 15) is 4.79 Å². The van der Waals surface area contributed by atoms with Gasteiger partial charge < -0.3 is 4.42 Å². The molecular formula is C15H13N3O2S2. The number of fused-ring (bicyclic) bond motifs is 1. The number of hydrazine groups is 1.